The molecule has 7 nitrogen and oxygen atoms in total. The third kappa shape index (κ3) is 6.28. The topological polar surface area (TPSA) is 87.7 Å². The van der Waals surface area contributed by atoms with Crippen molar-refractivity contribution in [3.63, 3.8) is 0 Å². The van der Waals surface area contributed by atoms with Crippen LogP contribution in [0.25, 0.3) is 0 Å². The van der Waals surface area contributed by atoms with Gasteiger partial charge in [-0.3, -0.25) is 10.1 Å². The molecule has 32 heavy (non-hydrogen) atoms. The van der Waals surface area contributed by atoms with Crippen LogP contribution in [0.5, 0.6) is 5.75 Å². The van der Waals surface area contributed by atoms with E-state index < -0.39 is 10.0 Å². The first-order chi connectivity index (χ1) is 15.3. The number of benzene rings is 2. The number of carbonyl (C=O) groups is 1. The standard InChI is InChI=1S/C22H26BrN3O4S2/c1-2-3-14-30-20-11-6-16(15-19(20)23)21(27)25-22(31)24-17-7-9-18(10-8-17)32(28,29)26-12-4-5-13-26/h6-11,15H,2-5,12-14H2,1H3,(H2,24,25,27,31). The van der Waals surface area contributed by atoms with E-state index in [1.165, 1.54) is 16.4 Å². The molecule has 1 fully saturated rings. The number of unbranched alkanes of at least 4 members (excludes halogenated alkanes) is 1. The van der Waals surface area contributed by atoms with Crippen LogP contribution in [0.4, 0.5) is 5.69 Å². The SMILES string of the molecule is CCCCOc1ccc(C(=O)NC(=S)Nc2ccc(S(=O)(=O)N3CCCC3)cc2)cc1Br. The van der Waals surface area contributed by atoms with Gasteiger partial charge in [0, 0.05) is 24.3 Å². The van der Waals surface area contributed by atoms with Gasteiger partial charge in [-0.1, -0.05) is 13.3 Å². The molecule has 10 heteroatoms. The van der Waals surface area contributed by atoms with E-state index in [2.05, 4.69) is 33.5 Å². The molecule has 0 atom stereocenters. The lowest BCUT2D eigenvalue weighted by atomic mass is 10.2. The largest absolute Gasteiger partial charge is 0.492 e. The second-order valence-electron chi connectivity index (χ2n) is 7.39. The van der Waals surface area contributed by atoms with E-state index in [4.69, 9.17) is 17.0 Å². The molecule has 1 amide bonds. The van der Waals surface area contributed by atoms with Crippen molar-refractivity contribution >= 4 is 54.9 Å². The number of nitrogens with zero attached hydrogens (tertiary/aromatic N) is 1. The van der Waals surface area contributed by atoms with Crippen molar-refractivity contribution in [2.24, 2.45) is 0 Å². The van der Waals surface area contributed by atoms with E-state index in [1.807, 2.05) is 0 Å². The predicted octanol–water partition coefficient (Wildman–Crippen LogP) is 4.54. The van der Waals surface area contributed by atoms with Crippen molar-refractivity contribution in [1.82, 2.24) is 9.62 Å². The summed E-state index contributed by atoms with van der Waals surface area (Å²) in [6, 6.07) is 11.4. The molecule has 2 aromatic carbocycles. The van der Waals surface area contributed by atoms with Crippen LogP contribution in [0.1, 0.15) is 43.0 Å². The minimum absolute atomic E-state index is 0.115. The molecule has 0 spiro atoms. The van der Waals surface area contributed by atoms with E-state index in [0.29, 0.717) is 41.2 Å². The van der Waals surface area contributed by atoms with Crippen molar-refractivity contribution < 1.29 is 17.9 Å². The van der Waals surface area contributed by atoms with Gasteiger partial charge in [-0.2, -0.15) is 4.31 Å². The first-order valence-electron chi connectivity index (χ1n) is 10.5. The van der Waals surface area contributed by atoms with E-state index >= 15 is 0 Å². The number of ether oxygens (including phenoxy) is 1. The highest BCUT2D eigenvalue weighted by Crippen LogP contribution is 2.26. The number of anilines is 1. The number of rotatable bonds is 8. The molecule has 1 aliphatic heterocycles. The van der Waals surface area contributed by atoms with E-state index in [-0.39, 0.29) is 15.9 Å². The Morgan fingerprint density at radius 1 is 1.16 bits per heavy atom. The van der Waals surface area contributed by atoms with Crippen molar-refractivity contribution in [1.29, 1.82) is 0 Å². The van der Waals surface area contributed by atoms with Crippen molar-refractivity contribution in [3.8, 4) is 5.75 Å². The molecule has 0 saturated carbocycles. The molecule has 0 aliphatic carbocycles. The molecule has 0 radical (unpaired) electrons. The Kier molecular flexibility index (Phi) is 8.64. The number of nitrogens with one attached hydrogen (secondary N) is 2. The predicted molar refractivity (Wildman–Crippen MR) is 133 cm³/mol. The van der Waals surface area contributed by atoms with Gasteiger partial charge < -0.3 is 10.1 Å². The number of hydrogen-bond acceptors (Lipinski definition) is 5. The molecule has 1 heterocycles. The maximum atomic E-state index is 12.6. The summed E-state index contributed by atoms with van der Waals surface area (Å²) in [6.45, 7) is 3.82. The normalized spacial score (nSPS) is 14.2. The number of thiocarbonyl (C=S) groups is 1. The summed E-state index contributed by atoms with van der Waals surface area (Å²) in [5.41, 5.74) is 1.01. The molecule has 0 unspecified atom stereocenters. The van der Waals surface area contributed by atoms with Gasteiger partial charge in [-0.25, -0.2) is 8.42 Å². The van der Waals surface area contributed by atoms with Gasteiger partial charge in [-0.15, -0.1) is 0 Å². The van der Waals surface area contributed by atoms with Crippen molar-refractivity contribution in [2.45, 2.75) is 37.5 Å². The fraction of sp³-hybridized carbons (Fsp3) is 0.364. The highest BCUT2D eigenvalue weighted by Gasteiger charge is 2.26. The molecular formula is C22H26BrN3O4S2. The van der Waals surface area contributed by atoms with Gasteiger partial charge in [0.15, 0.2) is 5.11 Å². The Balaban J connectivity index is 1.57. The number of carbonyl (C=O) groups excluding carboxylic acids is 1. The van der Waals surface area contributed by atoms with E-state index in [9.17, 15) is 13.2 Å². The number of hydrogen-bond donors (Lipinski definition) is 2. The highest BCUT2D eigenvalue weighted by molar-refractivity contribution is 9.10. The minimum Gasteiger partial charge on any atom is -0.492 e. The van der Waals surface area contributed by atoms with Gasteiger partial charge in [-0.05, 0) is 89.9 Å². The maximum Gasteiger partial charge on any atom is 0.257 e. The molecule has 172 valence electrons. The molecule has 2 aromatic rings. The summed E-state index contributed by atoms with van der Waals surface area (Å²) >= 11 is 8.66. The third-order valence-corrected chi connectivity index (χ3v) is 7.73. The summed E-state index contributed by atoms with van der Waals surface area (Å²) in [6.07, 6.45) is 3.77. The Bertz CT molecular complexity index is 1070. The summed E-state index contributed by atoms with van der Waals surface area (Å²) in [5.74, 6) is 0.316. The van der Waals surface area contributed by atoms with Crippen LogP contribution in [-0.2, 0) is 10.0 Å². The van der Waals surface area contributed by atoms with Crippen molar-refractivity contribution in [3.05, 3.63) is 52.5 Å². The van der Waals surface area contributed by atoms with Crippen molar-refractivity contribution in [2.75, 3.05) is 25.0 Å². The number of halogens is 1. The van der Waals surface area contributed by atoms with Crippen LogP contribution in [0, 0.1) is 0 Å². The first kappa shape index (κ1) is 24.6. The fourth-order valence-corrected chi connectivity index (χ4v) is 5.43. The second-order valence-corrected chi connectivity index (χ2v) is 10.6. The Morgan fingerprint density at radius 3 is 2.47 bits per heavy atom. The van der Waals surface area contributed by atoms with E-state index in [0.717, 1.165) is 25.7 Å². The van der Waals surface area contributed by atoms with Gasteiger partial charge in [0.2, 0.25) is 10.0 Å². The summed E-state index contributed by atoms with van der Waals surface area (Å²) < 4.78 is 33.1. The summed E-state index contributed by atoms with van der Waals surface area (Å²) in [7, 11) is -3.47. The van der Waals surface area contributed by atoms with E-state index in [1.54, 1.807) is 30.3 Å². The third-order valence-electron chi connectivity index (χ3n) is 4.99. The average molecular weight is 541 g/mol. The summed E-state index contributed by atoms with van der Waals surface area (Å²) in [5, 5.41) is 5.65. The number of amides is 1. The Labute approximate surface area is 202 Å². The summed E-state index contributed by atoms with van der Waals surface area (Å²) in [4.78, 5) is 12.8. The van der Waals surface area contributed by atoms with Crippen LogP contribution in [0.2, 0.25) is 0 Å². The lowest BCUT2D eigenvalue weighted by molar-refractivity contribution is 0.0977. The van der Waals surface area contributed by atoms with Crippen LogP contribution in [0.3, 0.4) is 0 Å². The van der Waals surface area contributed by atoms with Gasteiger partial charge in [0.25, 0.3) is 5.91 Å². The molecule has 1 aliphatic rings. The lowest BCUT2D eigenvalue weighted by Crippen LogP contribution is -2.34. The maximum absolute atomic E-state index is 12.6. The zero-order valence-electron chi connectivity index (χ0n) is 17.8. The number of sulfonamides is 1. The average Bonchev–Trinajstić information content (AvgIpc) is 3.31. The first-order valence-corrected chi connectivity index (χ1v) is 13.1. The van der Waals surface area contributed by atoms with Crippen LogP contribution in [0.15, 0.2) is 51.8 Å². The highest BCUT2D eigenvalue weighted by atomic mass is 79.9. The Hall–Kier alpha value is -2.01. The van der Waals surface area contributed by atoms with Gasteiger partial charge in [0.05, 0.1) is 16.0 Å². The molecular weight excluding hydrogens is 514 g/mol. The lowest BCUT2D eigenvalue weighted by Gasteiger charge is -2.16. The van der Waals surface area contributed by atoms with Gasteiger partial charge >= 0.3 is 0 Å². The molecule has 3 rings (SSSR count). The molecule has 0 aromatic heterocycles. The van der Waals surface area contributed by atoms with Crippen LogP contribution >= 0.6 is 28.1 Å². The zero-order valence-corrected chi connectivity index (χ0v) is 21.0. The van der Waals surface area contributed by atoms with Crippen LogP contribution in [-0.4, -0.2) is 43.4 Å². The molecule has 2 N–H and O–H groups in total. The second kappa shape index (κ2) is 11.2. The monoisotopic (exact) mass is 539 g/mol. The molecule has 0 bridgehead atoms. The smallest absolute Gasteiger partial charge is 0.257 e. The minimum atomic E-state index is -3.47. The zero-order chi connectivity index (χ0) is 23.1. The Morgan fingerprint density at radius 2 is 1.84 bits per heavy atom. The van der Waals surface area contributed by atoms with Gasteiger partial charge in [0.1, 0.15) is 5.75 Å². The quantitative estimate of drug-likeness (QED) is 0.378. The molecule has 1 saturated heterocycles. The van der Waals surface area contributed by atoms with Crippen LogP contribution < -0.4 is 15.4 Å². The fourth-order valence-electron chi connectivity index (χ4n) is 3.21.